The highest BCUT2D eigenvalue weighted by molar-refractivity contribution is 5.41. The SMILES string of the molecule is COc1cc(C(F)(F)F)ccc1[C@@H](C(F)F)N1CCNCC1. The van der Waals surface area contributed by atoms with Crippen LogP contribution in [-0.2, 0) is 6.18 Å². The predicted molar refractivity (Wildman–Crippen MR) is 71.2 cm³/mol. The Morgan fingerprint density at radius 2 is 1.82 bits per heavy atom. The van der Waals surface area contributed by atoms with E-state index in [1.165, 1.54) is 7.11 Å². The maximum atomic E-state index is 13.5. The zero-order valence-electron chi connectivity index (χ0n) is 12.0. The summed E-state index contributed by atoms with van der Waals surface area (Å²) >= 11 is 0. The summed E-state index contributed by atoms with van der Waals surface area (Å²) in [5.41, 5.74) is -0.839. The molecule has 1 aliphatic heterocycles. The van der Waals surface area contributed by atoms with E-state index in [2.05, 4.69) is 5.32 Å². The summed E-state index contributed by atoms with van der Waals surface area (Å²) in [6, 6.07) is 1.39. The van der Waals surface area contributed by atoms with Crippen molar-refractivity contribution in [1.29, 1.82) is 0 Å². The van der Waals surface area contributed by atoms with E-state index >= 15 is 0 Å². The highest BCUT2D eigenvalue weighted by atomic mass is 19.4. The van der Waals surface area contributed by atoms with Gasteiger partial charge in [-0.05, 0) is 12.1 Å². The average molecular weight is 324 g/mol. The molecule has 0 radical (unpaired) electrons. The number of nitrogens with one attached hydrogen (secondary N) is 1. The Bertz CT molecular complexity index is 500. The first-order chi connectivity index (χ1) is 10.3. The summed E-state index contributed by atoms with van der Waals surface area (Å²) in [6.45, 7) is 1.93. The number of halogens is 5. The molecule has 124 valence electrons. The van der Waals surface area contributed by atoms with E-state index in [0.29, 0.717) is 26.2 Å². The molecule has 0 spiro atoms. The molecule has 1 aromatic carbocycles. The maximum absolute atomic E-state index is 13.5. The van der Waals surface area contributed by atoms with E-state index in [9.17, 15) is 22.0 Å². The van der Waals surface area contributed by atoms with Crippen molar-refractivity contribution in [2.24, 2.45) is 0 Å². The van der Waals surface area contributed by atoms with Crippen LogP contribution in [0.25, 0.3) is 0 Å². The topological polar surface area (TPSA) is 24.5 Å². The molecular weight excluding hydrogens is 307 g/mol. The van der Waals surface area contributed by atoms with Crippen molar-refractivity contribution in [1.82, 2.24) is 10.2 Å². The van der Waals surface area contributed by atoms with Crippen LogP contribution in [0.15, 0.2) is 18.2 Å². The molecule has 3 nitrogen and oxygen atoms in total. The van der Waals surface area contributed by atoms with Gasteiger partial charge < -0.3 is 10.1 Å². The zero-order valence-corrected chi connectivity index (χ0v) is 12.0. The lowest BCUT2D eigenvalue weighted by Gasteiger charge is -2.35. The summed E-state index contributed by atoms with van der Waals surface area (Å²) in [5, 5.41) is 3.05. The van der Waals surface area contributed by atoms with Gasteiger partial charge in [0.2, 0.25) is 0 Å². The van der Waals surface area contributed by atoms with Gasteiger partial charge in [-0.1, -0.05) is 6.07 Å². The van der Waals surface area contributed by atoms with Crippen LogP contribution in [0.5, 0.6) is 5.75 Å². The Balaban J connectivity index is 2.38. The molecule has 0 unspecified atom stereocenters. The van der Waals surface area contributed by atoms with Crippen LogP contribution in [0.2, 0.25) is 0 Å². The molecule has 0 amide bonds. The van der Waals surface area contributed by atoms with Gasteiger partial charge in [0.25, 0.3) is 6.43 Å². The summed E-state index contributed by atoms with van der Waals surface area (Å²) in [5.74, 6) is -0.168. The third kappa shape index (κ3) is 3.67. The second-order valence-corrected chi connectivity index (χ2v) is 5.02. The molecule has 1 fully saturated rings. The molecule has 1 aromatic rings. The normalized spacial score (nSPS) is 18.5. The van der Waals surface area contributed by atoms with E-state index in [1.807, 2.05) is 0 Å². The molecular formula is C14H17F5N2O. The molecule has 0 aliphatic carbocycles. The van der Waals surface area contributed by atoms with Gasteiger partial charge in [-0.25, -0.2) is 8.78 Å². The molecule has 1 saturated heterocycles. The summed E-state index contributed by atoms with van der Waals surface area (Å²) in [7, 11) is 1.18. The fourth-order valence-electron chi connectivity index (χ4n) is 2.58. The van der Waals surface area contributed by atoms with Crippen molar-refractivity contribution in [2.45, 2.75) is 18.6 Å². The van der Waals surface area contributed by atoms with Gasteiger partial charge in [0.05, 0.1) is 18.7 Å². The molecule has 0 aromatic heterocycles. The van der Waals surface area contributed by atoms with Gasteiger partial charge in [-0.3, -0.25) is 4.90 Å². The number of nitrogens with zero attached hydrogens (tertiary/aromatic N) is 1. The first-order valence-corrected chi connectivity index (χ1v) is 6.82. The highest BCUT2D eigenvalue weighted by Gasteiger charge is 2.35. The van der Waals surface area contributed by atoms with Crippen LogP contribution in [0.1, 0.15) is 17.2 Å². The Hall–Kier alpha value is -1.41. The first-order valence-electron chi connectivity index (χ1n) is 6.82. The van der Waals surface area contributed by atoms with Gasteiger partial charge >= 0.3 is 6.18 Å². The van der Waals surface area contributed by atoms with Crippen molar-refractivity contribution in [3.05, 3.63) is 29.3 Å². The number of methoxy groups -OCH3 is 1. The molecule has 0 bridgehead atoms. The summed E-state index contributed by atoms with van der Waals surface area (Å²) in [6.07, 6.45) is -7.26. The van der Waals surface area contributed by atoms with Crippen LogP contribution in [-0.4, -0.2) is 44.6 Å². The monoisotopic (exact) mass is 324 g/mol. The van der Waals surface area contributed by atoms with E-state index < -0.39 is 24.2 Å². The van der Waals surface area contributed by atoms with Crippen molar-refractivity contribution < 1.29 is 26.7 Å². The van der Waals surface area contributed by atoms with E-state index in [1.54, 1.807) is 4.90 Å². The van der Waals surface area contributed by atoms with Crippen LogP contribution >= 0.6 is 0 Å². The average Bonchev–Trinajstić information content (AvgIpc) is 2.47. The Morgan fingerprint density at radius 1 is 1.18 bits per heavy atom. The van der Waals surface area contributed by atoms with Crippen molar-refractivity contribution >= 4 is 0 Å². The van der Waals surface area contributed by atoms with E-state index in [4.69, 9.17) is 4.74 Å². The maximum Gasteiger partial charge on any atom is 0.416 e. The Morgan fingerprint density at radius 3 is 2.32 bits per heavy atom. The minimum absolute atomic E-state index is 0.0763. The third-order valence-electron chi connectivity index (χ3n) is 3.66. The van der Waals surface area contributed by atoms with Gasteiger partial charge in [-0.15, -0.1) is 0 Å². The van der Waals surface area contributed by atoms with Crippen molar-refractivity contribution in [2.75, 3.05) is 33.3 Å². The van der Waals surface area contributed by atoms with Crippen LogP contribution in [0.3, 0.4) is 0 Å². The number of piperazine rings is 1. The van der Waals surface area contributed by atoms with Crippen LogP contribution < -0.4 is 10.1 Å². The Labute approximate surface area is 125 Å². The second-order valence-electron chi connectivity index (χ2n) is 5.02. The van der Waals surface area contributed by atoms with Gasteiger partial charge in [0, 0.05) is 31.7 Å². The summed E-state index contributed by atoms with van der Waals surface area (Å²) in [4.78, 5) is 1.56. The second kappa shape index (κ2) is 6.78. The molecule has 8 heteroatoms. The fourth-order valence-corrected chi connectivity index (χ4v) is 2.58. The molecule has 1 atom stereocenters. The fraction of sp³-hybridized carbons (Fsp3) is 0.571. The Kier molecular flexibility index (Phi) is 5.23. The predicted octanol–water partition coefficient (Wildman–Crippen LogP) is 2.93. The zero-order chi connectivity index (χ0) is 16.3. The first kappa shape index (κ1) is 17.0. The lowest BCUT2D eigenvalue weighted by molar-refractivity contribution is -0.137. The van der Waals surface area contributed by atoms with Gasteiger partial charge in [0.1, 0.15) is 5.75 Å². The van der Waals surface area contributed by atoms with Crippen molar-refractivity contribution in [3.63, 3.8) is 0 Å². The van der Waals surface area contributed by atoms with Crippen LogP contribution in [0.4, 0.5) is 22.0 Å². The molecule has 1 N–H and O–H groups in total. The van der Waals surface area contributed by atoms with E-state index in [-0.39, 0.29) is 11.3 Å². The number of hydrogen-bond donors (Lipinski definition) is 1. The minimum atomic E-state index is -4.54. The lowest BCUT2D eigenvalue weighted by Crippen LogP contribution is -2.47. The number of alkyl halides is 5. The van der Waals surface area contributed by atoms with Crippen molar-refractivity contribution in [3.8, 4) is 5.75 Å². The minimum Gasteiger partial charge on any atom is -0.496 e. The third-order valence-corrected chi connectivity index (χ3v) is 3.66. The number of hydrogen-bond acceptors (Lipinski definition) is 3. The molecule has 22 heavy (non-hydrogen) atoms. The molecule has 0 saturated carbocycles. The molecule has 1 heterocycles. The lowest BCUT2D eigenvalue weighted by atomic mass is 10.0. The smallest absolute Gasteiger partial charge is 0.416 e. The van der Waals surface area contributed by atoms with E-state index in [0.717, 1.165) is 18.2 Å². The number of rotatable bonds is 4. The quantitative estimate of drug-likeness (QED) is 0.862. The standard InChI is InChI=1S/C14H17F5N2O/c1-22-11-8-9(14(17,18)19)2-3-10(11)12(13(15)16)21-6-4-20-5-7-21/h2-3,8,12-13,20H,4-7H2,1H3/t12-/m0/s1. The van der Waals surface area contributed by atoms with Crippen LogP contribution in [0, 0.1) is 0 Å². The highest BCUT2D eigenvalue weighted by Crippen LogP contribution is 2.38. The number of ether oxygens (including phenoxy) is 1. The largest absolute Gasteiger partial charge is 0.496 e. The molecule has 2 rings (SSSR count). The number of benzene rings is 1. The summed E-state index contributed by atoms with van der Waals surface area (Å²) < 4.78 is 70.1. The van der Waals surface area contributed by atoms with Gasteiger partial charge in [0.15, 0.2) is 0 Å². The van der Waals surface area contributed by atoms with Gasteiger partial charge in [-0.2, -0.15) is 13.2 Å². The molecule has 1 aliphatic rings.